The molecule has 0 nitrogen and oxygen atoms in total. The van der Waals surface area contributed by atoms with E-state index >= 15 is 0 Å². The van der Waals surface area contributed by atoms with Gasteiger partial charge in [0.15, 0.2) is 0 Å². The zero-order valence-electron chi connectivity index (χ0n) is 13.7. The summed E-state index contributed by atoms with van der Waals surface area (Å²) in [6.45, 7) is 21.3. The first-order chi connectivity index (χ1) is 7.12. The van der Waals surface area contributed by atoms with Crippen LogP contribution < -0.4 is 0 Å². The van der Waals surface area contributed by atoms with Crippen LogP contribution in [-0.2, 0) is 0 Å². The molecule has 0 aliphatic carbocycles. The highest BCUT2D eigenvalue weighted by Gasteiger charge is 2.34. The fourth-order valence-corrected chi connectivity index (χ4v) is 5.03. The zero-order valence-corrected chi connectivity index (χ0v) is 14.9. The highest BCUT2D eigenvalue weighted by molar-refractivity contribution is 7.18. The highest BCUT2D eigenvalue weighted by atomic mass is 31.0. The molecular weight excluding hydrogens is 223 g/mol. The van der Waals surface area contributed by atoms with Crippen molar-refractivity contribution in [2.24, 2.45) is 16.2 Å². The summed E-state index contributed by atoms with van der Waals surface area (Å²) in [5, 5.41) is 0.354. The van der Waals surface area contributed by atoms with Crippen molar-refractivity contribution in [3.05, 3.63) is 0 Å². The maximum atomic E-state index is 3.11. The third-order valence-electron chi connectivity index (χ3n) is 2.83. The molecule has 0 radical (unpaired) electrons. The topological polar surface area (TPSA) is 0 Å². The lowest BCUT2D eigenvalue weighted by molar-refractivity contribution is 0.168. The Kier molecular flexibility index (Phi) is 5.33. The number of hydrogen-bond acceptors (Lipinski definition) is 0. The molecule has 0 spiro atoms. The van der Waals surface area contributed by atoms with E-state index < -0.39 is 0 Å². The van der Waals surface area contributed by atoms with Gasteiger partial charge in [-0.25, -0.2) is 0 Å². The Labute approximate surface area is 113 Å². The molecule has 0 aromatic heterocycles. The van der Waals surface area contributed by atoms with Gasteiger partial charge in [0.25, 0.3) is 0 Å². The summed E-state index contributed by atoms with van der Waals surface area (Å²) in [5.74, 6) is 0. The second-order valence-corrected chi connectivity index (χ2v) is 10.9. The molecule has 2 atom stereocenters. The van der Waals surface area contributed by atoms with Gasteiger partial charge in [-0.3, -0.25) is 0 Å². The van der Waals surface area contributed by atoms with Crippen LogP contribution in [-0.4, -0.2) is 5.16 Å². The Morgan fingerprint density at radius 2 is 0.941 bits per heavy atom. The van der Waals surface area contributed by atoms with Crippen molar-refractivity contribution in [2.75, 3.05) is 0 Å². The normalized spacial score (nSPS) is 18.0. The molecule has 0 aromatic carbocycles. The molecule has 0 amide bonds. The van der Waals surface area contributed by atoms with Gasteiger partial charge >= 0.3 is 0 Å². The minimum Gasteiger partial charge on any atom is -0.131 e. The Morgan fingerprint density at radius 1 is 0.588 bits per heavy atom. The van der Waals surface area contributed by atoms with Gasteiger partial charge < -0.3 is 0 Å². The second kappa shape index (κ2) is 5.20. The molecule has 0 saturated carbocycles. The van der Waals surface area contributed by atoms with Crippen LogP contribution in [0.5, 0.6) is 0 Å². The third-order valence-corrected chi connectivity index (χ3v) is 3.23. The van der Waals surface area contributed by atoms with Gasteiger partial charge in [0.1, 0.15) is 0 Å². The van der Waals surface area contributed by atoms with E-state index in [9.17, 15) is 0 Å². The van der Waals surface area contributed by atoms with Gasteiger partial charge in [-0.05, 0) is 40.7 Å². The average Bonchev–Trinajstić information content (AvgIpc) is 1.65. The molecule has 1 heteroatoms. The van der Waals surface area contributed by atoms with Crippen LogP contribution in [0.25, 0.3) is 0 Å². The Bertz CT molecular complexity index is 209. The Balaban J connectivity index is 4.59. The maximum absolute atomic E-state index is 3.11. The Hall–Kier alpha value is 0.430. The SMILES string of the molecule is CC(C)(C)CC(C)(C)CC(C)(P)CC(C)(C)C. The highest BCUT2D eigenvalue weighted by Crippen LogP contribution is 2.45. The molecule has 0 aromatic rings. The predicted molar refractivity (Wildman–Crippen MR) is 84.7 cm³/mol. The smallest absolute Gasteiger partial charge is 0.0168 e. The van der Waals surface area contributed by atoms with E-state index in [0.717, 1.165) is 0 Å². The van der Waals surface area contributed by atoms with E-state index in [1.54, 1.807) is 0 Å². The van der Waals surface area contributed by atoms with Crippen molar-refractivity contribution in [3.8, 4) is 0 Å². The summed E-state index contributed by atoms with van der Waals surface area (Å²) in [7, 11) is 3.11. The van der Waals surface area contributed by atoms with Gasteiger partial charge in [-0.1, -0.05) is 62.3 Å². The average molecular weight is 258 g/mol. The fourth-order valence-electron chi connectivity index (χ4n) is 3.87. The van der Waals surface area contributed by atoms with Gasteiger partial charge in [-0.2, -0.15) is 0 Å². The first-order valence-corrected chi connectivity index (χ1v) is 7.49. The van der Waals surface area contributed by atoms with E-state index in [4.69, 9.17) is 0 Å². The molecule has 0 rings (SSSR count). The molecule has 2 unspecified atom stereocenters. The standard InChI is InChI=1S/C16H35P/c1-13(2,3)10-15(7,8)12-16(9,17)11-14(4,5)6/h10-12,17H2,1-9H3. The van der Waals surface area contributed by atoms with Crippen LogP contribution in [0.1, 0.15) is 81.6 Å². The fraction of sp³-hybridized carbons (Fsp3) is 1.00. The minimum atomic E-state index is 0.354. The van der Waals surface area contributed by atoms with Gasteiger partial charge in [0.2, 0.25) is 0 Å². The number of hydrogen-bond donors (Lipinski definition) is 0. The van der Waals surface area contributed by atoms with Crippen molar-refractivity contribution >= 4 is 9.24 Å². The van der Waals surface area contributed by atoms with Crippen molar-refractivity contribution < 1.29 is 0 Å². The van der Waals surface area contributed by atoms with Crippen LogP contribution in [0.3, 0.4) is 0 Å². The van der Waals surface area contributed by atoms with Crippen molar-refractivity contribution in [1.82, 2.24) is 0 Å². The summed E-state index contributed by atoms with van der Waals surface area (Å²) in [4.78, 5) is 0. The monoisotopic (exact) mass is 258 g/mol. The van der Waals surface area contributed by atoms with E-state index in [-0.39, 0.29) is 0 Å². The van der Waals surface area contributed by atoms with Gasteiger partial charge in [-0.15, -0.1) is 9.24 Å². The predicted octanol–water partition coefficient (Wildman–Crippen LogP) is 5.91. The molecule has 17 heavy (non-hydrogen) atoms. The molecule has 0 saturated heterocycles. The van der Waals surface area contributed by atoms with E-state index in [2.05, 4.69) is 71.6 Å². The van der Waals surface area contributed by atoms with Crippen LogP contribution in [0.2, 0.25) is 0 Å². The van der Waals surface area contributed by atoms with Crippen LogP contribution in [0.15, 0.2) is 0 Å². The summed E-state index contributed by atoms with van der Waals surface area (Å²) in [6.07, 6.45) is 3.82. The van der Waals surface area contributed by atoms with Gasteiger partial charge in [0, 0.05) is 0 Å². The van der Waals surface area contributed by atoms with Gasteiger partial charge in [0.05, 0.1) is 0 Å². The first kappa shape index (κ1) is 17.4. The summed E-state index contributed by atoms with van der Waals surface area (Å²) >= 11 is 0. The van der Waals surface area contributed by atoms with E-state index in [1.807, 2.05) is 0 Å². The van der Waals surface area contributed by atoms with E-state index in [1.165, 1.54) is 19.3 Å². The maximum Gasteiger partial charge on any atom is -0.0168 e. The van der Waals surface area contributed by atoms with E-state index in [0.29, 0.717) is 21.4 Å². The molecule has 104 valence electrons. The van der Waals surface area contributed by atoms with Crippen LogP contribution in [0.4, 0.5) is 0 Å². The van der Waals surface area contributed by atoms with Crippen LogP contribution >= 0.6 is 9.24 Å². The van der Waals surface area contributed by atoms with Crippen molar-refractivity contribution in [1.29, 1.82) is 0 Å². The zero-order chi connectivity index (χ0) is 14.1. The molecule has 0 bridgehead atoms. The largest absolute Gasteiger partial charge is 0.131 e. The van der Waals surface area contributed by atoms with Crippen molar-refractivity contribution in [2.45, 2.75) is 86.7 Å². The summed E-state index contributed by atoms with van der Waals surface area (Å²) < 4.78 is 0. The first-order valence-electron chi connectivity index (χ1n) is 6.91. The molecule has 0 heterocycles. The molecule has 0 aliphatic heterocycles. The summed E-state index contributed by atoms with van der Waals surface area (Å²) in [5.41, 5.74) is 1.25. The molecule has 0 N–H and O–H groups in total. The third kappa shape index (κ3) is 10.1. The minimum absolute atomic E-state index is 0.354. The van der Waals surface area contributed by atoms with Crippen LogP contribution in [0, 0.1) is 16.2 Å². The lowest BCUT2D eigenvalue weighted by Gasteiger charge is -2.41. The lowest BCUT2D eigenvalue weighted by atomic mass is 9.69. The Morgan fingerprint density at radius 3 is 1.24 bits per heavy atom. The quantitative estimate of drug-likeness (QED) is 0.550. The second-order valence-electron chi connectivity index (χ2n) is 9.47. The summed E-state index contributed by atoms with van der Waals surface area (Å²) in [6, 6.07) is 0. The molecular formula is C16H35P. The van der Waals surface area contributed by atoms with Crippen molar-refractivity contribution in [3.63, 3.8) is 0 Å². The molecule has 0 fully saturated rings. The lowest BCUT2D eigenvalue weighted by Crippen LogP contribution is -2.32. The number of rotatable bonds is 4. The molecule has 0 aliphatic rings.